The average Bonchev–Trinajstić information content (AvgIpc) is 2.66. The Morgan fingerprint density at radius 1 is 1.67 bits per heavy atom. The number of rotatable bonds is 2. The molecule has 1 aliphatic heterocycles. The lowest BCUT2D eigenvalue weighted by Gasteiger charge is -2.15. The van der Waals surface area contributed by atoms with Gasteiger partial charge in [0.25, 0.3) is 0 Å². The second-order valence-electron chi connectivity index (χ2n) is 3.51. The Morgan fingerprint density at radius 3 is 3.07 bits per heavy atom. The Balaban J connectivity index is 2.20. The van der Waals surface area contributed by atoms with E-state index >= 15 is 0 Å². The maximum atomic E-state index is 8.95. The van der Waals surface area contributed by atoms with Crippen molar-refractivity contribution < 1.29 is 9.84 Å². The number of aliphatic hydroxyl groups excluding tert-OH is 1. The molecule has 1 saturated heterocycles. The Bertz CT molecular complexity index is 407. The number of hydrogen-bond donors (Lipinski definition) is 2. The van der Waals surface area contributed by atoms with Crippen molar-refractivity contribution in [3.63, 3.8) is 0 Å². The van der Waals surface area contributed by atoms with Crippen LogP contribution in [0.1, 0.15) is 19.1 Å². The summed E-state index contributed by atoms with van der Waals surface area (Å²) in [6, 6.07) is 1.69. The van der Waals surface area contributed by atoms with Crippen molar-refractivity contribution in [2.45, 2.75) is 25.2 Å². The van der Waals surface area contributed by atoms with Crippen molar-refractivity contribution in [3.8, 4) is 0 Å². The van der Waals surface area contributed by atoms with E-state index in [0.29, 0.717) is 10.6 Å². The van der Waals surface area contributed by atoms with Gasteiger partial charge in [0, 0.05) is 6.20 Å². The van der Waals surface area contributed by atoms with Gasteiger partial charge in [-0.1, -0.05) is 0 Å². The zero-order chi connectivity index (χ0) is 10.8. The lowest BCUT2D eigenvalue weighted by Crippen LogP contribution is -2.15. The first-order chi connectivity index (χ1) is 7.20. The molecule has 1 aromatic heterocycles. The van der Waals surface area contributed by atoms with Crippen LogP contribution < -0.4 is 5.73 Å². The molecule has 0 radical (unpaired) electrons. The number of nitrogens with zero attached hydrogens (tertiary/aromatic N) is 2. The average molecular weight is 227 g/mol. The first kappa shape index (κ1) is 10.5. The largest absolute Gasteiger partial charge is 0.394 e. The number of ether oxygens (including phenoxy) is 1. The van der Waals surface area contributed by atoms with E-state index in [1.54, 1.807) is 16.8 Å². The van der Waals surface area contributed by atoms with Crippen LogP contribution in [0.25, 0.3) is 0 Å². The zero-order valence-electron chi connectivity index (χ0n) is 8.17. The second kappa shape index (κ2) is 4.26. The van der Waals surface area contributed by atoms with Gasteiger partial charge in [-0.15, -0.1) is 0 Å². The van der Waals surface area contributed by atoms with Gasteiger partial charge in [0.05, 0.1) is 12.7 Å². The standard InChI is InChI=1S/C9H13N3O2S/c10-7-3-4-12(9(15)11-7)8-2-1-6(5-13)14-8/h3-4,6,8,13H,1-2,5H2,(H2,10,11,15)/t6-,8-/m1/s1. The maximum Gasteiger partial charge on any atom is 0.203 e. The van der Waals surface area contributed by atoms with Gasteiger partial charge in [0.1, 0.15) is 12.0 Å². The molecule has 0 saturated carbocycles. The molecule has 3 N–H and O–H groups in total. The van der Waals surface area contributed by atoms with Gasteiger partial charge in [-0.3, -0.25) is 4.57 Å². The molecular formula is C9H13N3O2S. The molecule has 2 heterocycles. The van der Waals surface area contributed by atoms with Gasteiger partial charge >= 0.3 is 0 Å². The predicted molar refractivity (Wildman–Crippen MR) is 57.7 cm³/mol. The first-order valence-corrected chi connectivity index (χ1v) is 5.22. The van der Waals surface area contributed by atoms with Gasteiger partial charge in [-0.05, 0) is 31.1 Å². The molecule has 0 aromatic carbocycles. The molecule has 0 amide bonds. The molecule has 2 atom stereocenters. The number of nitrogens with two attached hydrogens (primary N) is 1. The molecule has 82 valence electrons. The molecular weight excluding hydrogens is 214 g/mol. The first-order valence-electron chi connectivity index (χ1n) is 4.81. The van der Waals surface area contributed by atoms with Gasteiger partial charge in [0.15, 0.2) is 0 Å². The third-order valence-electron chi connectivity index (χ3n) is 2.45. The van der Waals surface area contributed by atoms with Crippen LogP contribution in [0, 0.1) is 4.77 Å². The molecule has 0 unspecified atom stereocenters. The topological polar surface area (TPSA) is 73.3 Å². The lowest BCUT2D eigenvalue weighted by atomic mass is 10.2. The summed E-state index contributed by atoms with van der Waals surface area (Å²) in [5.74, 6) is 0.410. The summed E-state index contributed by atoms with van der Waals surface area (Å²) >= 11 is 5.08. The quantitative estimate of drug-likeness (QED) is 0.733. The summed E-state index contributed by atoms with van der Waals surface area (Å²) in [6.07, 6.45) is 3.24. The van der Waals surface area contributed by atoms with E-state index in [4.69, 9.17) is 27.8 Å². The molecule has 1 fully saturated rings. The smallest absolute Gasteiger partial charge is 0.203 e. The zero-order valence-corrected chi connectivity index (χ0v) is 8.98. The van der Waals surface area contributed by atoms with Crippen LogP contribution in [0.15, 0.2) is 12.3 Å². The second-order valence-corrected chi connectivity index (χ2v) is 3.88. The van der Waals surface area contributed by atoms with Gasteiger partial charge in [0.2, 0.25) is 4.77 Å². The van der Waals surface area contributed by atoms with Crippen molar-refractivity contribution in [2.24, 2.45) is 0 Å². The molecule has 6 heteroatoms. The minimum absolute atomic E-state index is 0.0478. The summed E-state index contributed by atoms with van der Waals surface area (Å²) in [6.45, 7) is 0.0478. The fraction of sp³-hybridized carbons (Fsp3) is 0.556. The van der Waals surface area contributed by atoms with Crippen LogP contribution in [0.4, 0.5) is 5.82 Å². The number of anilines is 1. The van der Waals surface area contributed by atoms with Crippen molar-refractivity contribution in [3.05, 3.63) is 17.0 Å². The van der Waals surface area contributed by atoms with E-state index in [9.17, 15) is 0 Å². The van der Waals surface area contributed by atoms with Gasteiger partial charge < -0.3 is 15.6 Å². The highest BCUT2D eigenvalue weighted by atomic mass is 32.1. The van der Waals surface area contributed by atoms with Crippen molar-refractivity contribution in [1.29, 1.82) is 0 Å². The number of aliphatic hydroxyl groups is 1. The van der Waals surface area contributed by atoms with Crippen LogP contribution in [0.5, 0.6) is 0 Å². The van der Waals surface area contributed by atoms with E-state index in [2.05, 4.69) is 4.98 Å². The minimum atomic E-state index is -0.122. The van der Waals surface area contributed by atoms with Crippen LogP contribution in [0.3, 0.4) is 0 Å². The molecule has 0 spiro atoms. The van der Waals surface area contributed by atoms with E-state index in [-0.39, 0.29) is 18.9 Å². The number of hydrogen-bond acceptors (Lipinski definition) is 5. The van der Waals surface area contributed by atoms with Gasteiger partial charge in [-0.2, -0.15) is 0 Å². The normalized spacial score (nSPS) is 25.7. The summed E-state index contributed by atoms with van der Waals surface area (Å²) in [7, 11) is 0. The molecule has 1 aliphatic rings. The summed E-state index contributed by atoms with van der Waals surface area (Å²) in [5.41, 5.74) is 5.51. The molecule has 0 aliphatic carbocycles. The SMILES string of the molecule is Nc1ccn([C@H]2CC[C@H](CO)O2)c(=S)n1. The maximum absolute atomic E-state index is 8.95. The van der Waals surface area contributed by atoms with E-state index in [1.165, 1.54) is 0 Å². The fourth-order valence-electron chi connectivity index (χ4n) is 1.67. The van der Waals surface area contributed by atoms with E-state index in [0.717, 1.165) is 12.8 Å². The van der Waals surface area contributed by atoms with Crippen LogP contribution in [-0.4, -0.2) is 27.4 Å². The number of aromatic nitrogens is 2. The molecule has 0 bridgehead atoms. The molecule has 15 heavy (non-hydrogen) atoms. The predicted octanol–water partition coefficient (Wildman–Crippen LogP) is 0.865. The summed E-state index contributed by atoms with van der Waals surface area (Å²) in [5, 5.41) is 8.95. The molecule has 1 aromatic rings. The Kier molecular flexibility index (Phi) is 2.99. The van der Waals surface area contributed by atoms with Crippen LogP contribution in [0.2, 0.25) is 0 Å². The molecule has 2 rings (SSSR count). The third kappa shape index (κ3) is 2.17. The highest BCUT2D eigenvalue weighted by molar-refractivity contribution is 7.71. The molecule has 5 nitrogen and oxygen atoms in total. The van der Waals surface area contributed by atoms with Crippen molar-refractivity contribution >= 4 is 18.0 Å². The summed E-state index contributed by atoms with van der Waals surface area (Å²) < 4.78 is 7.76. The van der Waals surface area contributed by atoms with Gasteiger partial charge in [-0.25, -0.2) is 4.98 Å². The Hall–Kier alpha value is -0.980. The van der Waals surface area contributed by atoms with Crippen molar-refractivity contribution in [1.82, 2.24) is 9.55 Å². The lowest BCUT2D eigenvalue weighted by molar-refractivity contribution is -0.0236. The highest BCUT2D eigenvalue weighted by Gasteiger charge is 2.25. The monoisotopic (exact) mass is 227 g/mol. The van der Waals surface area contributed by atoms with Crippen LogP contribution in [-0.2, 0) is 4.74 Å². The summed E-state index contributed by atoms with van der Waals surface area (Å²) in [4.78, 5) is 3.98. The third-order valence-corrected chi connectivity index (χ3v) is 2.75. The minimum Gasteiger partial charge on any atom is -0.394 e. The van der Waals surface area contributed by atoms with Crippen molar-refractivity contribution in [2.75, 3.05) is 12.3 Å². The Morgan fingerprint density at radius 2 is 2.47 bits per heavy atom. The fourth-order valence-corrected chi connectivity index (χ4v) is 1.95. The van der Waals surface area contributed by atoms with E-state index < -0.39 is 0 Å². The Labute approximate surface area is 92.5 Å². The van der Waals surface area contributed by atoms with Crippen LogP contribution >= 0.6 is 12.2 Å². The highest BCUT2D eigenvalue weighted by Crippen LogP contribution is 2.27. The van der Waals surface area contributed by atoms with E-state index in [1.807, 2.05) is 0 Å². The number of nitrogen functional groups attached to an aromatic ring is 1.